The van der Waals surface area contributed by atoms with Crippen LogP contribution in [-0.2, 0) is 13.1 Å². The molecule has 0 fully saturated rings. The Hall–Kier alpha value is -1.93. The highest BCUT2D eigenvalue weighted by Gasteiger charge is 2.28. The van der Waals surface area contributed by atoms with Crippen molar-refractivity contribution in [2.24, 2.45) is 11.1 Å². The third-order valence-corrected chi connectivity index (χ3v) is 4.27. The van der Waals surface area contributed by atoms with Gasteiger partial charge in [0.15, 0.2) is 6.61 Å². The zero-order chi connectivity index (χ0) is 21.8. The lowest BCUT2D eigenvalue weighted by Crippen LogP contribution is -2.31. The average Bonchev–Trinajstić information content (AvgIpc) is 2.62. The molecule has 0 aliphatic heterocycles. The van der Waals surface area contributed by atoms with Crippen LogP contribution in [0.15, 0.2) is 23.0 Å². The Balaban J connectivity index is 0.00000450. The molecule has 0 aliphatic carbocycles. The number of ether oxygens (including phenoxy) is 2. The molecule has 30 heavy (non-hydrogen) atoms. The van der Waals surface area contributed by atoms with Crippen molar-refractivity contribution in [2.75, 3.05) is 13.2 Å². The van der Waals surface area contributed by atoms with E-state index in [0.29, 0.717) is 35.4 Å². The number of hydrogen-bond acceptors (Lipinski definition) is 4. The van der Waals surface area contributed by atoms with E-state index in [4.69, 9.17) is 15.2 Å². The van der Waals surface area contributed by atoms with Crippen LogP contribution in [0.5, 0.6) is 11.5 Å². The quantitative estimate of drug-likeness (QED) is 0.571. The number of nitrogens with two attached hydrogens (primary N) is 1. The van der Waals surface area contributed by atoms with E-state index in [9.17, 15) is 18.0 Å². The van der Waals surface area contributed by atoms with Crippen LogP contribution in [0.4, 0.5) is 13.2 Å². The smallest absolute Gasteiger partial charge is 0.422 e. The number of aromatic nitrogens is 1. The number of rotatable bonds is 8. The molecule has 0 spiro atoms. The van der Waals surface area contributed by atoms with E-state index >= 15 is 0 Å². The number of fused-ring (bicyclic) bond motifs is 1. The second-order valence-corrected chi connectivity index (χ2v) is 8.25. The van der Waals surface area contributed by atoms with Gasteiger partial charge >= 0.3 is 6.18 Å². The molecule has 0 saturated heterocycles. The van der Waals surface area contributed by atoms with Gasteiger partial charge in [0.05, 0.1) is 17.7 Å². The molecule has 2 N–H and O–H groups in total. The fourth-order valence-corrected chi connectivity index (χ4v) is 3.02. The third kappa shape index (κ3) is 6.80. The van der Waals surface area contributed by atoms with E-state index in [2.05, 4.69) is 0 Å². The largest absolute Gasteiger partial charge is 0.491 e. The molecule has 1 aromatic carbocycles. The summed E-state index contributed by atoms with van der Waals surface area (Å²) in [4.78, 5) is 13.1. The Bertz CT molecular complexity index is 905. The van der Waals surface area contributed by atoms with E-state index in [1.807, 2.05) is 27.7 Å². The van der Waals surface area contributed by atoms with Gasteiger partial charge in [-0.1, -0.05) is 34.1 Å². The lowest BCUT2D eigenvalue weighted by atomic mass is 9.96. The molecule has 1 aromatic heterocycles. The minimum atomic E-state index is -4.45. The summed E-state index contributed by atoms with van der Waals surface area (Å²) in [7, 11) is 0. The van der Waals surface area contributed by atoms with Crippen LogP contribution < -0.4 is 20.8 Å². The van der Waals surface area contributed by atoms with Gasteiger partial charge in [-0.15, -0.1) is 12.4 Å². The maximum atomic E-state index is 13.1. The van der Waals surface area contributed by atoms with E-state index in [-0.39, 0.29) is 35.7 Å². The molecule has 5 nitrogen and oxygen atoms in total. The SMILES string of the molecule is CCCCOc1c(CN)n(CC(C)(C)C)c(=O)c2ccc(OCC(F)(F)F)cc12.Cl. The first-order chi connectivity index (χ1) is 13.5. The van der Waals surface area contributed by atoms with Gasteiger partial charge in [0.1, 0.15) is 11.5 Å². The Morgan fingerprint density at radius 2 is 1.77 bits per heavy atom. The van der Waals surface area contributed by atoms with Gasteiger partial charge < -0.3 is 19.8 Å². The number of nitrogens with zero attached hydrogens (tertiary/aromatic N) is 1. The summed E-state index contributed by atoms with van der Waals surface area (Å²) in [6, 6.07) is 4.27. The molecule has 0 unspecified atom stereocenters. The fraction of sp³-hybridized carbons (Fsp3) is 0.571. The highest BCUT2D eigenvalue weighted by atomic mass is 35.5. The summed E-state index contributed by atoms with van der Waals surface area (Å²) in [5, 5.41) is 0.772. The van der Waals surface area contributed by atoms with E-state index in [0.717, 1.165) is 12.8 Å². The van der Waals surface area contributed by atoms with Crippen LogP contribution in [-0.4, -0.2) is 24.0 Å². The normalized spacial score (nSPS) is 12.0. The number of pyridine rings is 1. The maximum absolute atomic E-state index is 13.1. The van der Waals surface area contributed by atoms with Crippen LogP contribution in [0.2, 0.25) is 0 Å². The van der Waals surface area contributed by atoms with Crippen LogP contribution in [0, 0.1) is 5.41 Å². The van der Waals surface area contributed by atoms with Gasteiger partial charge in [-0.25, -0.2) is 0 Å². The summed E-state index contributed by atoms with van der Waals surface area (Å²) in [5.74, 6) is 0.448. The first-order valence-corrected chi connectivity index (χ1v) is 9.68. The zero-order valence-electron chi connectivity index (χ0n) is 17.8. The van der Waals surface area contributed by atoms with Crippen molar-refractivity contribution in [1.82, 2.24) is 4.57 Å². The Morgan fingerprint density at radius 3 is 2.30 bits per heavy atom. The molecule has 0 bridgehead atoms. The number of halogens is 4. The number of hydrogen-bond donors (Lipinski definition) is 1. The van der Waals surface area contributed by atoms with Crippen molar-refractivity contribution in [2.45, 2.75) is 59.8 Å². The molecule has 0 saturated carbocycles. The van der Waals surface area contributed by atoms with Gasteiger partial charge in [-0.3, -0.25) is 4.79 Å². The molecule has 1 heterocycles. The van der Waals surface area contributed by atoms with Crippen molar-refractivity contribution >= 4 is 23.2 Å². The Morgan fingerprint density at radius 1 is 1.10 bits per heavy atom. The second kappa shape index (κ2) is 10.4. The van der Waals surface area contributed by atoms with E-state index in [1.165, 1.54) is 18.2 Å². The van der Waals surface area contributed by atoms with Gasteiger partial charge in [-0.05, 0) is 30.0 Å². The number of benzene rings is 1. The average molecular weight is 451 g/mol. The minimum Gasteiger partial charge on any atom is -0.491 e. The van der Waals surface area contributed by atoms with Crippen molar-refractivity contribution in [3.8, 4) is 11.5 Å². The molecular formula is C21H30ClF3N2O3. The molecule has 0 aliphatic rings. The topological polar surface area (TPSA) is 66.5 Å². The second-order valence-electron chi connectivity index (χ2n) is 8.25. The third-order valence-electron chi connectivity index (χ3n) is 4.27. The predicted molar refractivity (Wildman–Crippen MR) is 115 cm³/mol. The van der Waals surface area contributed by atoms with E-state index in [1.54, 1.807) is 4.57 Å². The lowest BCUT2D eigenvalue weighted by molar-refractivity contribution is -0.153. The van der Waals surface area contributed by atoms with E-state index < -0.39 is 12.8 Å². The monoisotopic (exact) mass is 450 g/mol. The van der Waals surface area contributed by atoms with Gasteiger partial charge in [0.25, 0.3) is 5.56 Å². The number of alkyl halides is 3. The predicted octanol–water partition coefficient (Wildman–Crippen LogP) is 5.05. The van der Waals surface area contributed by atoms with Crippen molar-refractivity contribution in [3.05, 3.63) is 34.2 Å². The van der Waals surface area contributed by atoms with Crippen LogP contribution in [0.3, 0.4) is 0 Å². The van der Waals surface area contributed by atoms with Crippen molar-refractivity contribution < 1.29 is 22.6 Å². The summed E-state index contributed by atoms with van der Waals surface area (Å²) >= 11 is 0. The lowest BCUT2D eigenvalue weighted by Gasteiger charge is -2.25. The van der Waals surface area contributed by atoms with Gasteiger partial charge in [0, 0.05) is 18.5 Å². The van der Waals surface area contributed by atoms with Gasteiger partial charge in [0.2, 0.25) is 0 Å². The molecule has 0 atom stereocenters. The molecule has 0 radical (unpaired) electrons. The zero-order valence-corrected chi connectivity index (χ0v) is 18.6. The highest BCUT2D eigenvalue weighted by molar-refractivity contribution is 5.89. The van der Waals surface area contributed by atoms with Gasteiger partial charge in [-0.2, -0.15) is 13.2 Å². The first kappa shape index (κ1) is 26.1. The van der Waals surface area contributed by atoms with Crippen LogP contribution in [0.1, 0.15) is 46.2 Å². The van der Waals surface area contributed by atoms with Crippen LogP contribution in [0.25, 0.3) is 10.8 Å². The first-order valence-electron chi connectivity index (χ1n) is 9.68. The Labute approximate surface area is 180 Å². The number of unbranched alkanes of at least 4 members (excludes halogenated alkanes) is 1. The Kier molecular flexibility index (Phi) is 9.05. The van der Waals surface area contributed by atoms with Crippen molar-refractivity contribution in [1.29, 1.82) is 0 Å². The molecular weight excluding hydrogens is 421 g/mol. The maximum Gasteiger partial charge on any atom is 0.422 e. The highest BCUT2D eigenvalue weighted by Crippen LogP contribution is 2.32. The summed E-state index contributed by atoms with van der Waals surface area (Å²) in [6.07, 6.45) is -2.74. The summed E-state index contributed by atoms with van der Waals surface area (Å²) in [6.45, 7) is 7.56. The summed E-state index contributed by atoms with van der Waals surface area (Å²) < 4.78 is 50.0. The van der Waals surface area contributed by atoms with Crippen molar-refractivity contribution in [3.63, 3.8) is 0 Å². The minimum absolute atomic E-state index is 0. The molecule has 9 heteroatoms. The standard InChI is InChI=1S/C21H29F3N2O3.ClH/c1-5-6-9-28-18-16-10-14(29-13-21(22,23)24)7-8-15(16)19(27)26(17(18)11-25)12-20(2,3)4;/h7-8,10H,5-6,9,11-13,25H2,1-4H3;1H. The molecule has 0 amide bonds. The van der Waals surface area contributed by atoms with Crippen LogP contribution >= 0.6 is 12.4 Å². The molecule has 170 valence electrons. The fourth-order valence-electron chi connectivity index (χ4n) is 3.02. The molecule has 2 rings (SSSR count). The molecule has 2 aromatic rings. The summed E-state index contributed by atoms with van der Waals surface area (Å²) in [5.41, 5.74) is 6.07.